The fourth-order valence-corrected chi connectivity index (χ4v) is 4.56. The third kappa shape index (κ3) is 6.86. The van der Waals surface area contributed by atoms with Crippen molar-refractivity contribution in [2.24, 2.45) is 5.92 Å². The second-order valence-corrected chi connectivity index (χ2v) is 9.54. The lowest BCUT2D eigenvalue weighted by Gasteiger charge is -2.34. The van der Waals surface area contributed by atoms with Crippen LogP contribution in [0.5, 0.6) is 11.5 Å². The van der Waals surface area contributed by atoms with Gasteiger partial charge in [-0.05, 0) is 67.2 Å². The molecular formula is C30H36N2O3. The first kappa shape index (κ1) is 24.8. The zero-order valence-electron chi connectivity index (χ0n) is 20.9. The minimum absolute atomic E-state index is 0.0290. The molecule has 1 fully saturated rings. The van der Waals surface area contributed by atoms with Gasteiger partial charge in [0.1, 0.15) is 17.6 Å². The molecule has 5 nitrogen and oxygen atoms in total. The topological polar surface area (TPSA) is 50.8 Å². The number of piperidine rings is 1. The Morgan fingerprint density at radius 1 is 0.943 bits per heavy atom. The van der Waals surface area contributed by atoms with Crippen molar-refractivity contribution in [1.29, 1.82) is 0 Å². The Labute approximate surface area is 209 Å². The summed E-state index contributed by atoms with van der Waals surface area (Å²) < 4.78 is 11.8. The van der Waals surface area contributed by atoms with E-state index in [9.17, 15) is 4.79 Å². The van der Waals surface area contributed by atoms with Crippen molar-refractivity contribution >= 4 is 11.6 Å². The van der Waals surface area contributed by atoms with Crippen LogP contribution in [-0.4, -0.2) is 37.6 Å². The first-order valence-corrected chi connectivity index (χ1v) is 12.5. The lowest BCUT2D eigenvalue weighted by atomic mass is 9.89. The largest absolute Gasteiger partial charge is 0.497 e. The molecule has 1 N–H and O–H groups in total. The van der Waals surface area contributed by atoms with E-state index in [1.54, 1.807) is 7.11 Å². The van der Waals surface area contributed by atoms with Gasteiger partial charge < -0.3 is 14.8 Å². The molecule has 0 unspecified atom stereocenters. The van der Waals surface area contributed by atoms with Crippen LogP contribution in [0.2, 0.25) is 0 Å². The summed E-state index contributed by atoms with van der Waals surface area (Å²) in [6.07, 6.45) is 2.11. The van der Waals surface area contributed by atoms with Crippen LogP contribution in [-0.2, 0) is 4.79 Å². The van der Waals surface area contributed by atoms with Crippen molar-refractivity contribution in [3.05, 3.63) is 90.0 Å². The van der Waals surface area contributed by atoms with E-state index in [4.69, 9.17) is 9.47 Å². The normalized spacial score (nSPS) is 15.5. The van der Waals surface area contributed by atoms with Gasteiger partial charge in [-0.25, -0.2) is 0 Å². The van der Waals surface area contributed by atoms with Gasteiger partial charge in [0.2, 0.25) is 5.91 Å². The molecule has 35 heavy (non-hydrogen) atoms. The number of ether oxygens (including phenoxy) is 2. The van der Waals surface area contributed by atoms with E-state index in [1.165, 1.54) is 11.1 Å². The Bertz CT molecular complexity index is 1090. The second kappa shape index (κ2) is 11.9. The van der Waals surface area contributed by atoms with E-state index in [0.717, 1.165) is 49.7 Å². The lowest BCUT2D eigenvalue weighted by Crippen LogP contribution is -2.37. The van der Waals surface area contributed by atoms with Gasteiger partial charge in [0.25, 0.3) is 0 Å². The first-order chi connectivity index (χ1) is 17.0. The monoisotopic (exact) mass is 472 g/mol. The average molecular weight is 473 g/mol. The Hall–Kier alpha value is -3.31. The number of methoxy groups -OCH3 is 1. The van der Waals surface area contributed by atoms with Crippen molar-refractivity contribution in [1.82, 2.24) is 4.90 Å². The summed E-state index contributed by atoms with van der Waals surface area (Å²) in [4.78, 5) is 14.6. The minimum Gasteiger partial charge on any atom is -0.497 e. The maximum atomic E-state index is 12.1. The minimum atomic E-state index is -0.0607. The molecule has 3 aromatic carbocycles. The highest BCUT2D eigenvalue weighted by atomic mass is 16.5. The predicted molar refractivity (Wildman–Crippen MR) is 141 cm³/mol. The highest BCUT2D eigenvalue weighted by Crippen LogP contribution is 2.32. The van der Waals surface area contributed by atoms with Gasteiger partial charge in [-0.3, -0.25) is 9.69 Å². The number of carbonyl (C=O) groups excluding carboxylic acids is 1. The summed E-state index contributed by atoms with van der Waals surface area (Å²) in [5, 5.41) is 3.03. The molecule has 0 spiro atoms. The molecule has 4 rings (SSSR count). The standard InChI is InChI=1S/C30H36N2O3/c1-22(2)30(33)31-26-12-7-11-25(19-26)23-15-17-32(18-16-23)21-29(24-9-5-4-6-10-24)35-28-14-8-13-27(20-28)34-3/h4-14,19-20,22-23,29H,15-18,21H2,1-3H3,(H,31,33)/t29-/m0/s1. The maximum absolute atomic E-state index is 12.1. The number of amides is 1. The summed E-state index contributed by atoms with van der Waals surface area (Å²) >= 11 is 0. The Morgan fingerprint density at radius 2 is 1.66 bits per heavy atom. The van der Waals surface area contributed by atoms with Crippen LogP contribution in [0, 0.1) is 5.92 Å². The molecule has 1 aliphatic rings. The van der Waals surface area contributed by atoms with E-state index in [-0.39, 0.29) is 17.9 Å². The number of likely N-dealkylation sites (tertiary alicyclic amines) is 1. The van der Waals surface area contributed by atoms with E-state index in [2.05, 4.69) is 46.6 Å². The molecule has 1 atom stereocenters. The Balaban J connectivity index is 1.39. The van der Waals surface area contributed by atoms with Gasteiger partial charge in [-0.1, -0.05) is 62.4 Å². The van der Waals surface area contributed by atoms with E-state index >= 15 is 0 Å². The highest BCUT2D eigenvalue weighted by molar-refractivity contribution is 5.92. The fraction of sp³-hybridized carbons (Fsp3) is 0.367. The van der Waals surface area contributed by atoms with Crippen LogP contribution in [0.3, 0.4) is 0 Å². The molecule has 0 bridgehead atoms. The maximum Gasteiger partial charge on any atom is 0.226 e. The quantitative estimate of drug-likeness (QED) is 0.398. The number of hydrogen-bond donors (Lipinski definition) is 1. The molecule has 5 heteroatoms. The summed E-state index contributed by atoms with van der Waals surface area (Å²) in [7, 11) is 1.67. The number of nitrogens with one attached hydrogen (secondary N) is 1. The van der Waals surface area contributed by atoms with Crippen molar-refractivity contribution in [3.8, 4) is 11.5 Å². The van der Waals surface area contributed by atoms with E-state index in [0.29, 0.717) is 5.92 Å². The molecule has 1 heterocycles. The molecule has 0 radical (unpaired) electrons. The van der Waals surface area contributed by atoms with Crippen LogP contribution >= 0.6 is 0 Å². The predicted octanol–water partition coefficient (Wildman–Crippen LogP) is 6.29. The summed E-state index contributed by atoms with van der Waals surface area (Å²) in [5.74, 6) is 2.13. The fourth-order valence-electron chi connectivity index (χ4n) is 4.56. The van der Waals surface area contributed by atoms with E-state index < -0.39 is 0 Å². The molecular weight excluding hydrogens is 436 g/mol. The van der Waals surface area contributed by atoms with Crippen molar-refractivity contribution in [2.75, 3.05) is 32.1 Å². The zero-order valence-corrected chi connectivity index (χ0v) is 20.9. The van der Waals surface area contributed by atoms with Crippen molar-refractivity contribution in [3.63, 3.8) is 0 Å². The van der Waals surface area contributed by atoms with Gasteiger partial charge in [0, 0.05) is 24.2 Å². The van der Waals surface area contributed by atoms with E-state index in [1.807, 2.05) is 56.3 Å². The van der Waals surface area contributed by atoms with Crippen LogP contribution < -0.4 is 14.8 Å². The Morgan fingerprint density at radius 3 is 2.37 bits per heavy atom. The SMILES string of the molecule is COc1cccc(O[C@@H](CN2CCC(c3cccc(NC(=O)C(C)C)c3)CC2)c2ccccc2)c1. The van der Waals surface area contributed by atoms with Crippen LogP contribution in [0.4, 0.5) is 5.69 Å². The van der Waals surface area contributed by atoms with Gasteiger partial charge >= 0.3 is 0 Å². The molecule has 184 valence electrons. The Kier molecular flexibility index (Phi) is 8.43. The average Bonchev–Trinajstić information content (AvgIpc) is 2.89. The zero-order chi connectivity index (χ0) is 24.6. The summed E-state index contributed by atoms with van der Waals surface area (Å²) in [6, 6.07) is 26.6. The molecule has 0 aromatic heterocycles. The highest BCUT2D eigenvalue weighted by Gasteiger charge is 2.25. The van der Waals surface area contributed by atoms with Gasteiger partial charge in [0.15, 0.2) is 0 Å². The van der Waals surface area contributed by atoms with Gasteiger partial charge in [-0.2, -0.15) is 0 Å². The molecule has 0 aliphatic carbocycles. The summed E-state index contributed by atoms with van der Waals surface area (Å²) in [6.45, 7) is 6.68. The van der Waals surface area contributed by atoms with Gasteiger partial charge in [-0.15, -0.1) is 0 Å². The van der Waals surface area contributed by atoms with Gasteiger partial charge in [0.05, 0.1) is 7.11 Å². The number of hydrogen-bond acceptors (Lipinski definition) is 4. The summed E-state index contributed by atoms with van der Waals surface area (Å²) in [5.41, 5.74) is 3.36. The molecule has 1 aliphatic heterocycles. The van der Waals surface area contributed by atoms with Crippen LogP contribution in [0.1, 0.15) is 49.8 Å². The van der Waals surface area contributed by atoms with Crippen molar-refractivity contribution < 1.29 is 14.3 Å². The third-order valence-electron chi connectivity index (χ3n) is 6.65. The number of carbonyl (C=O) groups is 1. The van der Waals surface area contributed by atoms with Crippen LogP contribution in [0.25, 0.3) is 0 Å². The molecule has 1 saturated heterocycles. The first-order valence-electron chi connectivity index (χ1n) is 12.5. The third-order valence-corrected chi connectivity index (χ3v) is 6.65. The lowest BCUT2D eigenvalue weighted by molar-refractivity contribution is -0.118. The number of nitrogens with zero attached hydrogens (tertiary/aromatic N) is 1. The second-order valence-electron chi connectivity index (χ2n) is 9.54. The number of benzene rings is 3. The smallest absolute Gasteiger partial charge is 0.226 e. The molecule has 1 amide bonds. The number of rotatable bonds is 9. The van der Waals surface area contributed by atoms with Crippen LogP contribution in [0.15, 0.2) is 78.9 Å². The van der Waals surface area contributed by atoms with Crippen molar-refractivity contribution in [2.45, 2.75) is 38.7 Å². The number of anilines is 1. The molecule has 3 aromatic rings. The molecule has 0 saturated carbocycles.